The molecular formula is C29H36ClN5O2. The zero-order chi connectivity index (χ0) is 25.5. The molecule has 7 nitrogen and oxygen atoms in total. The molecular weight excluding hydrogens is 486 g/mol. The summed E-state index contributed by atoms with van der Waals surface area (Å²) in [6.45, 7) is 6.07. The summed E-state index contributed by atoms with van der Waals surface area (Å²) in [5, 5.41) is 7.92. The highest BCUT2D eigenvalue weighted by atomic mass is 35.5. The van der Waals surface area contributed by atoms with Gasteiger partial charge in [0.05, 0.1) is 12.5 Å². The molecule has 1 atom stereocenters. The summed E-state index contributed by atoms with van der Waals surface area (Å²) >= 11 is 6.09. The van der Waals surface area contributed by atoms with Gasteiger partial charge in [0.25, 0.3) is 0 Å². The first kappa shape index (κ1) is 25.9. The first-order valence-electron chi connectivity index (χ1n) is 13.5. The molecule has 5 rings (SSSR count). The number of nitrogens with zero attached hydrogens (tertiary/aromatic N) is 4. The molecule has 0 radical (unpaired) electrons. The predicted molar refractivity (Wildman–Crippen MR) is 145 cm³/mol. The van der Waals surface area contributed by atoms with Crippen LogP contribution >= 0.6 is 11.6 Å². The van der Waals surface area contributed by atoms with E-state index in [1.165, 1.54) is 44.3 Å². The third-order valence-corrected chi connectivity index (χ3v) is 7.58. The Bertz CT molecular complexity index is 1170. The van der Waals surface area contributed by atoms with Gasteiger partial charge in [0, 0.05) is 30.2 Å². The first-order valence-corrected chi connectivity index (χ1v) is 13.9. The lowest BCUT2D eigenvalue weighted by Crippen LogP contribution is -2.42. The zero-order valence-corrected chi connectivity index (χ0v) is 22.1. The van der Waals surface area contributed by atoms with E-state index in [1.807, 2.05) is 24.3 Å². The lowest BCUT2D eigenvalue weighted by Gasteiger charge is -2.30. The summed E-state index contributed by atoms with van der Waals surface area (Å²) in [7, 11) is 0. The van der Waals surface area contributed by atoms with Crippen LogP contribution in [0.4, 0.5) is 0 Å². The molecule has 1 amide bonds. The van der Waals surface area contributed by atoms with Crippen LogP contribution in [0.2, 0.25) is 5.02 Å². The van der Waals surface area contributed by atoms with E-state index in [2.05, 4.69) is 49.5 Å². The predicted octanol–water partition coefficient (Wildman–Crippen LogP) is 5.29. The SMILES string of the molecule is O=C(NCc1cccc(CN2CCCCCC2)c1)C1CCCN(Cc2nc(-c3cccc(Cl)c3)no2)C1. The highest BCUT2D eigenvalue weighted by molar-refractivity contribution is 6.30. The van der Waals surface area contributed by atoms with Gasteiger partial charge in [0.1, 0.15) is 0 Å². The Morgan fingerprint density at radius 1 is 0.946 bits per heavy atom. The highest BCUT2D eigenvalue weighted by Crippen LogP contribution is 2.22. The fourth-order valence-electron chi connectivity index (χ4n) is 5.39. The van der Waals surface area contributed by atoms with Crippen molar-refractivity contribution >= 4 is 17.5 Å². The molecule has 0 spiro atoms. The van der Waals surface area contributed by atoms with Gasteiger partial charge in [0.2, 0.25) is 17.6 Å². The Morgan fingerprint density at radius 3 is 2.57 bits per heavy atom. The van der Waals surface area contributed by atoms with Gasteiger partial charge in [-0.05, 0) is 68.6 Å². The molecule has 3 aromatic rings. The summed E-state index contributed by atoms with van der Waals surface area (Å²) in [4.78, 5) is 22.3. The van der Waals surface area contributed by atoms with E-state index in [9.17, 15) is 4.79 Å². The van der Waals surface area contributed by atoms with E-state index in [0.717, 1.165) is 37.1 Å². The van der Waals surface area contributed by atoms with Gasteiger partial charge >= 0.3 is 0 Å². The second-order valence-electron chi connectivity index (χ2n) is 10.3. The van der Waals surface area contributed by atoms with Gasteiger partial charge in [-0.3, -0.25) is 14.6 Å². The maximum absolute atomic E-state index is 13.0. The fourth-order valence-corrected chi connectivity index (χ4v) is 5.58. The van der Waals surface area contributed by atoms with Gasteiger partial charge in [-0.25, -0.2) is 0 Å². The van der Waals surface area contributed by atoms with Crippen molar-refractivity contribution in [2.24, 2.45) is 5.92 Å². The van der Waals surface area contributed by atoms with Crippen molar-refractivity contribution in [1.82, 2.24) is 25.3 Å². The Hall–Kier alpha value is -2.74. The minimum atomic E-state index is -0.0376. The summed E-state index contributed by atoms with van der Waals surface area (Å²) < 4.78 is 5.49. The van der Waals surface area contributed by atoms with Crippen LogP contribution in [-0.2, 0) is 24.4 Å². The molecule has 196 valence electrons. The van der Waals surface area contributed by atoms with Crippen LogP contribution in [0.1, 0.15) is 55.5 Å². The Morgan fingerprint density at radius 2 is 1.73 bits per heavy atom. The number of carbonyl (C=O) groups is 1. The Kier molecular flexibility index (Phi) is 8.87. The summed E-state index contributed by atoms with van der Waals surface area (Å²) in [6, 6.07) is 16.1. The molecule has 0 saturated carbocycles. The van der Waals surface area contributed by atoms with Gasteiger partial charge < -0.3 is 9.84 Å². The van der Waals surface area contributed by atoms with E-state index < -0.39 is 0 Å². The smallest absolute Gasteiger partial charge is 0.241 e. The van der Waals surface area contributed by atoms with Crippen LogP contribution in [0.15, 0.2) is 53.1 Å². The standard InChI is InChI=1S/C29H36ClN5O2/c30-26-12-6-10-24(17-26)28-32-27(37-33-28)21-35-15-7-11-25(20-35)29(36)31-18-22-8-5-9-23(16-22)19-34-13-3-1-2-4-14-34/h5-6,8-10,12,16-17,25H,1-4,7,11,13-15,18-21H2,(H,31,36). The van der Waals surface area contributed by atoms with E-state index in [1.54, 1.807) is 0 Å². The van der Waals surface area contributed by atoms with Gasteiger partial charge in [-0.2, -0.15) is 4.98 Å². The van der Waals surface area contributed by atoms with E-state index in [-0.39, 0.29) is 11.8 Å². The Balaban J connectivity index is 1.11. The minimum absolute atomic E-state index is 0.0376. The number of likely N-dealkylation sites (tertiary alicyclic amines) is 2. The molecule has 0 aliphatic carbocycles. The number of hydrogen-bond donors (Lipinski definition) is 1. The first-order chi connectivity index (χ1) is 18.1. The Labute approximate surface area is 224 Å². The van der Waals surface area contributed by atoms with E-state index in [0.29, 0.717) is 36.4 Å². The van der Waals surface area contributed by atoms with E-state index >= 15 is 0 Å². The van der Waals surface area contributed by atoms with Crippen molar-refractivity contribution < 1.29 is 9.32 Å². The molecule has 2 aromatic carbocycles. The van der Waals surface area contributed by atoms with E-state index in [4.69, 9.17) is 16.1 Å². The van der Waals surface area contributed by atoms with Gasteiger partial charge in [0.15, 0.2) is 0 Å². The molecule has 2 aliphatic heterocycles. The minimum Gasteiger partial charge on any atom is -0.352 e. The van der Waals surface area contributed by atoms with Crippen molar-refractivity contribution in [2.45, 2.75) is 58.2 Å². The second-order valence-corrected chi connectivity index (χ2v) is 10.8. The molecule has 1 aromatic heterocycles. The number of rotatable bonds is 8. The molecule has 1 unspecified atom stereocenters. The summed E-state index contributed by atoms with van der Waals surface area (Å²) in [5.74, 6) is 1.16. The molecule has 2 aliphatic rings. The quantitative estimate of drug-likeness (QED) is 0.434. The monoisotopic (exact) mass is 521 g/mol. The van der Waals surface area contributed by atoms with Crippen molar-refractivity contribution in [3.8, 4) is 11.4 Å². The molecule has 3 heterocycles. The van der Waals surface area contributed by atoms with Crippen LogP contribution in [0.5, 0.6) is 0 Å². The largest absolute Gasteiger partial charge is 0.352 e. The topological polar surface area (TPSA) is 74.5 Å². The second kappa shape index (κ2) is 12.7. The lowest BCUT2D eigenvalue weighted by molar-refractivity contribution is -0.127. The maximum atomic E-state index is 13.0. The number of piperidine rings is 1. The van der Waals surface area contributed by atoms with Crippen LogP contribution in [-0.4, -0.2) is 52.0 Å². The van der Waals surface area contributed by atoms with Crippen LogP contribution in [0.25, 0.3) is 11.4 Å². The highest BCUT2D eigenvalue weighted by Gasteiger charge is 2.27. The summed E-state index contributed by atoms with van der Waals surface area (Å²) in [5.41, 5.74) is 3.32. The van der Waals surface area contributed by atoms with Crippen molar-refractivity contribution in [2.75, 3.05) is 26.2 Å². The third kappa shape index (κ3) is 7.40. The third-order valence-electron chi connectivity index (χ3n) is 7.35. The van der Waals surface area contributed by atoms with Crippen LogP contribution < -0.4 is 5.32 Å². The lowest BCUT2D eigenvalue weighted by atomic mass is 9.97. The van der Waals surface area contributed by atoms with Crippen molar-refractivity contribution in [3.05, 3.63) is 70.6 Å². The van der Waals surface area contributed by atoms with Crippen LogP contribution in [0.3, 0.4) is 0 Å². The zero-order valence-electron chi connectivity index (χ0n) is 21.4. The van der Waals surface area contributed by atoms with Crippen LogP contribution in [0, 0.1) is 5.92 Å². The number of amides is 1. The number of aromatic nitrogens is 2. The average molecular weight is 522 g/mol. The molecule has 8 heteroatoms. The maximum Gasteiger partial charge on any atom is 0.241 e. The molecule has 2 saturated heterocycles. The number of nitrogens with one attached hydrogen (secondary N) is 1. The number of carbonyl (C=O) groups excluding carboxylic acids is 1. The number of hydrogen-bond acceptors (Lipinski definition) is 6. The van der Waals surface area contributed by atoms with Crippen molar-refractivity contribution in [3.63, 3.8) is 0 Å². The van der Waals surface area contributed by atoms with Gasteiger partial charge in [-0.15, -0.1) is 0 Å². The molecule has 37 heavy (non-hydrogen) atoms. The van der Waals surface area contributed by atoms with Gasteiger partial charge in [-0.1, -0.05) is 66.0 Å². The number of halogens is 1. The fraction of sp³-hybridized carbons (Fsp3) is 0.483. The average Bonchev–Trinajstić information content (AvgIpc) is 3.23. The molecule has 1 N–H and O–H groups in total. The number of benzene rings is 2. The van der Waals surface area contributed by atoms with Crippen molar-refractivity contribution in [1.29, 1.82) is 0 Å². The summed E-state index contributed by atoms with van der Waals surface area (Å²) in [6.07, 6.45) is 7.15. The molecule has 2 fully saturated rings. The molecule has 0 bridgehead atoms. The normalized spacial score (nSPS) is 19.4.